The zero-order valence-electron chi connectivity index (χ0n) is 58.3. The van der Waals surface area contributed by atoms with Gasteiger partial charge in [-0.25, -0.2) is 9.13 Å². The number of hydrogen-bond donors (Lipinski definition) is 4. The van der Waals surface area contributed by atoms with E-state index in [-0.39, 0.29) is 19.3 Å². The van der Waals surface area contributed by atoms with E-state index in [9.17, 15) is 43.5 Å². The number of aliphatic hydroxyl groups is 2. The first-order valence-corrected chi connectivity index (χ1v) is 38.4. The monoisotopic (exact) mass is 1370 g/mol. The summed E-state index contributed by atoms with van der Waals surface area (Å²) in [5, 5.41) is 20.6. The molecule has 5 atom stereocenters. The van der Waals surface area contributed by atoms with Crippen LogP contribution in [0.2, 0.25) is 0 Å². The number of phosphoric acid groups is 2. The Morgan fingerprint density at radius 2 is 0.558 bits per heavy atom. The topological polar surface area (TPSA) is 231 Å². The van der Waals surface area contributed by atoms with Crippen LogP contribution in [0.4, 0.5) is 0 Å². The molecule has 0 aliphatic carbocycles. The van der Waals surface area contributed by atoms with Crippen LogP contribution in [0.3, 0.4) is 0 Å². The van der Waals surface area contributed by atoms with Crippen molar-refractivity contribution < 1.29 is 75.8 Å². The minimum Gasteiger partial charge on any atom is -0.463 e. The van der Waals surface area contributed by atoms with Crippen LogP contribution in [0.5, 0.6) is 0 Å². The van der Waals surface area contributed by atoms with Gasteiger partial charge in [-0.05, 0) is 154 Å². The van der Waals surface area contributed by atoms with Crippen LogP contribution < -0.4 is 0 Å². The van der Waals surface area contributed by atoms with Gasteiger partial charge in [0, 0.05) is 19.3 Å². The van der Waals surface area contributed by atoms with Crippen LogP contribution in [0, 0.1) is 0 Å². The smallest absolute Gasteiger partial charge is 0.463 e. The van der Waals surface area contributed by atoms with Gasteiger partial charge in [-0.1, -0.05) is 236 Å². The molecule has 0 fully saturated rings. The fraction of sp³-hybridized carbons (Fsp3) is 0.597. The molecule has 0 saturated heterocycles. The van der Waals surface area contributed by atoms with E-state index in [0.717, 1.165) is 161 Å². The molecule has 0 radical (unpaired) electrons. The van der Waals surface area contributed by atoms with Gasteiger partial charge >= 0.3 is 33.6 Å². The molecule has 18 heteroatoms. The Hall–Kier alpha value is -5.09. The molecular weight excluding hydrogens is 1240 g/mol. The lowest BCUT2D eigenvalue weighted by molar-refractivity contribution is -0.161. The Morgan fingerprint density at radius 1 is 0.305 bits per heavy atom. The lowest BCUT2D eigenvalue weighted by atomic mass is 10.1. The maximum atomic E-state index is 13.0. The Bertz CT molecular complexity index is 2410. The molecule has 0 aromatic rings. The molecule has 0 rings (SSSR count). The summed E-state index contributed by atoms with van der Waals surface area (Å²) < 4.78 is 60.9. The van der Waals surface area contributed by atoms with Gasteiger partial charge in [0.1, 0.15) is 25.4 Å². The molecule has 0 amide bonds. The number of allylic oxidation sites excluding steroid dienone is 28. The van der Waals surface area contributed by atoms with Gasteiger partial charge in [0.25, 0.3) is 0 Å². The van der Waals surface area contributed by atoms with Gasteiger partial charge in [0.05, 0.1) is 26.4 Å². The Kier molecular flexibility index (Phi) is 65.1. The van der Waals surface area contributed by atoms with Crippen LogP contribution in [-0.4, -0.2) is 95.9 Å². The van der Waals surface area contributed by atoms with Crippen molar-refractivity contribution in [3.8, 4) is 0 Å². The molecule has 0 spiro atoms. The number of phosphoric ester groups is 2. The zero-order valence-corrected chi connectivity index (χ0v) is 60.1. The number of hydrogen-bond acceptors (Lipinski definition) is 14. The van der Waals surface area contributed by atoms with E-state index < -0.39 is 91.5 Å². The van der Waals surface area contributed by atoms with Crippen molar-refractivity contribution in [1.29, 1.82) is 0 Å². The van der Waals surface area contributed by atoms with Gasteiger partial charge in [-0.3, -0.25) is 32.5 Å². The third kappa shape index (κ3) is 70.1. The van der Waals surface area contributed by atoms with Crippen LogP contribution >= 0.6 is 15.6 Å². The summed E-state index contributed by atoms with van der Waals surface area (Å²) in [6.45, 7) is 2.28. The highest BCUT2D eigenvalue weighted by Gasteiger charge is 2.29. The average molecular weight is 1370 g/mol. The fourth-order valence-corrected chi connectivity index (χ4v) is 10.1. The SMILES string of the molecule is CC/C=C\C/C=C\C/C=C\C/C=C\C/C=C\C/C=C\CCCCC(=O)OCC(O)COP(=O)(O)OCC(O)COP(=O)(O)OCC(COC(=O)CCCCCCC/C=C\C/C=C\C/C=C\C/C=C\CCCCC)OC(=O)CCCCCC/C=C\C/C=C\C/C=C\C/C=C\CC. The molecule has 0 saturated carbocycles. The quantitative estimate of drug-likeness (QED) is 0.0146. The first kappa shape index (κ1) is 89.9. The van der Waals surface area contributed by atoms with Gasteiger partial charge in [0.2, 0.25) is 0 Å². The van der Waals surface area contributed by atoms with Gasteiger partial charge < -0.3 is 34.2 Å². The van der Waals surface area contributed by atoms with Crippen LogP contribution in [-0.2, 0) is 55.8 Å². The zero-order chi connectivity index (χ0) is 69.5. The number of carbonyl (C=O) groups is 3. The van der Waals surface area contributed by atoms with E-state index in [2.05, 4.69) is 191 Å². The van der Waals surface area contributed by atoms with Crippen molar-refractivity contribution in [3.05, 3.63) is 170 Å². The summed E-state index contributed by atoms with van der Waals surface area (Å²) in [7, 11) is -9.82. The van der Waals surface area contributed by atoms with E-state index in [0.29, 0.717) is 19.3 Å². The van der Waals surface area contributed by atoms with Crippen LogP contribution in [0.1, 0.15) is 239 Å². The highest BCUT2D eigenvalue weighted by Crippen LogP contribution is 2.45. The molecule has 0 aliphatic rings. The van der Waals surface area contributed by atoms with E-state index in [1.54, 1.807) is 0 Å². The number of rotatable bonds is 65. The number of esters is 3. The summed E-state index contributed by atoms with van der Waals surface area (Å²) >= 11 is 0. The van der Waals surface area contributed by atoms with Crippen LogP contribution in [0.25, 0.3) is 0 Å². The first-order valence-electron chi connectivity index (χ1n) is 35.4. The van der Waals surface area contributed by atoms with Crippen molar-refractivity contribution in [1.82, 2.24) is 0 Å². The van der Waals surface area contributed by atoms with Crippen molar-refractivity contribution in [2.75, 3.05) is 39.6 Å². The normalized spacial score (nSPS) is 15.1. The maximum absolute atomic E-state index is 13.0. The number of aliphatic hydroxyl groups excluding tert-OH is 2. The Labute approximate surface area is 573 Å². The van der Waals surface area contributed by atoms with Crippen molar-refractivity contribution in [2.24, 2.45) is 0 Å². The third-order valence-electron chi connectivity index (χ3n) is 13.9. The van der Waals surface area contributed by atoms with Crippen LogP contribution in [0.15, 0.2) is 170 Å². The highest BCUT2D eigenvalue weighted by molar-refractivity contribution is 7.47. The minimum absolute atomic E-state index is 0.0640. The van der Waals surface area contributed by atoms with E-state index >= 15 is 0 Å². The second-order valence-corrected chi connectivity index (χ2v) is 25.8. The highest BCUT2D eigenvalue weighted by atomic mass is 31.2. The number of unbranched alkanes of at least 4 members (excludes halogenated alkanes) is 14. The predicted molar refractivity (Wildman–Crippen MR) is 389 cm³/mol. The molecule has 0 bridgehead atoms. The van der Waals surface area contributed by atoms with Gasteiger partial charge in [-0.2, -0.15) is 0 Å². The molecular formula is C77H124O16P2. The third-order valence-corrected chi connectivity index (χ3v) is 15.8. The van der Waals surface area contributed by atoms with Crippen molar-refractivity contribution >= 4 is 33.6 Å². The molecule has 0 aliphatic heterocycles. The van der Waals surface area contributed by atoms with E-state index in [1.165, 1.54) is 19.3 Å². The van der Waals surface area contributed by atoms with E-state index in [1.807, 2.05) is 0 Å². The molecule has 4 N–H and O–H groups in total. The van der Waals surface area contributed by atoms with Gasteiger partial charge in [0.15, 0.2) is 6.10 Å². The minimum atomic E-state index is -4.95. The molecule has 0 aromatic heterocycles. The molecule has 5 unspecified atom stereocenters. The first-order chi connectivity index (χ1) is 46.2. The largest absolute Gasteiger partial charge is 0.472 e. The molecule has 0 heterocycles. The summed E-state index contributed by atoms with van der Waals surface area (Å²) in [5.74, 6) is -1.68. The predicted octanol–water partition coefficient (Wildman–Crippen LogP) is 20.1. The Balaban J connectivity index is 4.80. The van der Waals surface area contributed by atoms with Gasteiger partial charge in [-0.15, -0.1) is 0 Å². The fourth-order valence-electron chi connectivity index (χ4n) is 8.55. The second kappa shape index (κ2) is 68.8. The summed E-state index contributed by atoms with van der Waals surface area (Å²) in [4.78, 5) is 58.5. The molecule has 16 nitrogen and oxygen atoms in total. The summed E-state index contributed by atoms with van der Waals surface area (Å²) in [6, 6.07) is 0. The van der Waals surface area contributed by atoms with Crippen molar-refractivity contribution in [3.63, 3.8) is 0 Å². The summed E-state index contributed by atoms with van der Waals surface area (Å²) in [6.07, 6.45) is 85.4. The van der Waals surface area contributed by atoms with E-state index in [4.69, 9.17) is 32.3 Å². The summed E-state index contributed by atoms with van der Waals surface area (Å²) in [5.41, 5.74) is 0. The Morgan fingerprint density at radius 3 is 0.905 bits per heavy atom. The lowest BCUT2D eigenvalue weighted by Crippen LogP contribution is -2.30. The standard InChI is InChI=1S/C77H124O16P2/c1-4-7-10-13-16-19-22-25-28-31-33-35-37-40-42-45-48-51-54-57-60-63-75(80)87-66-72(78)67-89-94(83,84)90-68-73(79)69-91-95(85,86)92-71-74(93-77(82)65-62-59-56-53-50-47-44-39-30-27-24-21-18-15-12-9-6-3)70-88-76(81)64-61-58-55-52-49-46-43-41-38-36-34-32-29-26-23-20-17-14-11-8-5-2/h7,9-10,12,16-21,25-30,33-36,40-44,47-48,51,72-74,78-79H,4-6,8,11,13-15,22-24,31-32,37-39,45-46,49-50,52-71H2,1-3H3,(H,83,84)(H,85,86)/b10-7-,12-9-,19-16-,20-17-,21-18-,28-25-,29-26-,30-27-,35-33-,36-34-,42-40-,43-41-,47-44-,51-48-. The average Bonchev–Trinajstić information content (AvgIpc) is 1.99. The molecule has 95 heavy (non-hydrogen) atoms. The number of ether oxygens (including phenoxy) is 3. The lowest BCUT2D eigenvalue weighted by Gasteiger charge is -2.21. The molecule has 538 valence electrons. The second-order valence-electron chi connectivity index (χ2n) is 22.9. The molecule has 0 aromatic carbocycles. The van der Waals surface area contributed by atoms with Crippen molar-refractivity contribution in [2.45, 2.75) is 257 Å². The number of carbonyl (C=O) groups excluding carboxylic acids is 3. The maximum Gasteiger partial charge on any atom is 0.472 e.